The van der Waals surface area contributed by atoms with E-state index in [1.165, 1.54) is 32.1 Å². The molecule has 0 bridgehead atoms. The lowest BCUT2D eigenvalue weighted by molar-refractivity contribution is 0.399. The third-order valence-electron chi connectivity index (χ3n) is 3.25. The summed E-state index contributed by atoms with van der Waals surface area (Å²) in [7, 11) is 0. The molecule has 0 saturated carbocycles. The van der Waals surface area contributed by atoms with Crippen molar-refractivity contribution in [3.8, 4) is 0 Å². The van der Waals surface area contributed by atoms with Gasteiger partial charge in [-0.3, -0.25) is 0 Å². The number of aromatic nitrogens is 2. The van der Waals surface area contributed by atoms with E-state index < -0.39 is 0 Å². The Hall–Kier alpha value is -0.900. The molecule has 0 atom stereocenters. The van der Waals surface area contributed by atoms with Gasteiger partial charge in [-0.15, -0.1) is 10.2 Å². The van der Waals surface area contributed by atoms with Crippen LogP contribution in [-0.2, 0) is 12.8 Å². The molecule has 1 aromatic heterocycles. The molecule has 0 unspecified atom stereocenters. The van der Waals surface area contributed by atoms with Gasteiger partial charge in [-0.2, -0.15) is 0 Å². The average molecular weight is 281 g/mol. The van der Waals surface area contributed by atoms with Crippen molar-refractivity contribution in [2.75, 3.05) is 6.54 Å². The number of nitrogens with zero attached hydrogens (tertiary/aromatic N) is 2. The van der Waals surface area contributed by atoms with Gasteiger partial charge in [0.25, 0.3) is 0 Å². The zero-order valence-electron chi connectivity index (χ0n) is 13.7. The van der Waals surface area contributed by atoms with Crippen LogP contribution in [0.3, 0.4) is 0 Å². The third-order valence-corrected chi connectivity index (χ3v) is 3.25. The quantitative estimate of drug-likeness (QED) is 0.661. The molecule has 1 heterocycles. The van der Waals surface area contributed by atoms with Crippen LogP contribution in [0.25, 0.3) is 0 Å². The Kier molecular flexibility index (Phi) is 7.82. The molecule has 0 aliphatic heterocycles. The summed E-state index contributed by atoms with van der Waals surface area (Å²) in [5.74, 6) is 1.55. The van der Waals surface area contributed by atoms with E-state index in [1.54, 1.807) is 0 Å². The number of rotatable bonds is 10. The fourth-order valence-corrected chi connectivity index (χ4v) is 2.09. The van der Waals surface area contributed by atoms with Gasteiger partial charge in [-0.05, 0) is 27.2 Å². The zero-order valence-corrected chi connectivity index (χ0v) is 13.7. The van der Waals surface area contributed by atoms with E-state index in [4.69, 9.17) is 4.42 Å². The van der Waals surface area contributed by atoms with Gasteiger partial charge >= 0.3 is 0 Å². The SMILES string of the molecule is CCCCCCCCc1nnc(CCNC(C)(C)C)o1. The van der Waals surface area contributed by atoms with Gasteiger partial charge in [-0.25, -0.2) is 0 Å². The molecule has 0 aliphatic carbocycles. The van der Waals surface area contributed by atoms with Gasteiger partial charge in [0.2, 0.25) is 11.8 Å². The van der Waals surface area contributed by atoms with Crippen molar-refractivity contribution in [2.45, 2.75) is 84.6 Å². The topological polar surface area (TPSA) is 51.0 Å². The van der Waals surface area contributed by atoms with Crippen molar-refractivity contribution in [3.05, 3.63) is 11.8 Å². The number of aryl methyl sites for hydroxylation is 1. The Balaban J connectivity index is 2.13. The summed E-state index contributed by atoms with van der Waals surface area (Å²) in [6.07, 6.45) is 9.48. The van der Waals surface area contributed by atoms with Crippen molar-refractivity contribution in [2.24, 2.45) is 0 Å². The van der Waals surface area contributed by atoms with E-state index in [0.29, 0.717) is 0 Å². The van der Waals surface area contributed by atoms with Crippen molar-refractivity contribution < 1.29 is 4.42 Å². The van der Waals surface area contributed by atoms with Gasteiger partial charge < -0.3 is 9.73 Å². The summed E-state index contributed by atoms with van der Waals surface area (Å²) in [5, 5.41) is 11.7. The lowest BCUT2D eigenvalue weighted by Crippen LogP contribution is -2.37. The van der Waals surface area contributed by atoms with Crippen LogP contribution in [0.4, 0.5) is 0 Å². The summed E-state index contributed by atoms with van der Waals surface area (Å²) in [5.41, 5.74) is 0.140. The Bertz CT molecular complexity index is 355. The van der Waals surface area contributed by atoms with Crippen LogP contribution < -0.4 is 5.32 Å². The Morgan fingerprint density at radius 2 is 1.50 bits per heavy atom. The molecule has 116 valence electrons. The summed E-state index contributed by atoms with van der Waals surface area (Å²) < 4.78 is 5.66. The number of nitrogens with one attached hydrogen (secondary N) is 1. The van der Waals surface area contributed by atoms with E-state index >= 15 is 0 Å². The molecule has 0 radical (unpaired) electrons. The third kappa shape index (κ3) is 8.31. The molecule has 0 aliphatic rings. The fourth-order valence-electron chi connectivity index (χ4n) is 2.09. The molecule has 0 amide bonds. The van der Waals surface area contributed by atoms with Gasteiger partial charge in [0, 0.05) is 24.9 Å². The molecule has 1 rings (SSSR count). The van der Waals surface area contributed by atoms with E-state index in [0.717, 1.165) is 37.6 Å². The monoisotopic (exact) mass is 281 g/mol. The molecular weight excluding hydrogens is 250 g/mol. The molecule has 0 saturated heterocycles. The second kappa shape index (κ2) is 9.11. The first-order chi connectivity index (χ1) is 9.51. The Labute approximate surface area is 123 Å². The van der Waals surface area contributed by atoms with Crippen LogP contribution in [0.15, 0.2) is 4.42 Å². The molecule has 1 aromatic rings. The van der Waals surface area contributed by atoms with Crippen LogP contribution >= 0.6 is 0 Å². The van der Waals surface area contributed by atoms with Crippen LogP contribution in [0.1, 0.15) is 78.0 Å². The molecule has 4 nitrogen and oxygen atoms in total. The van der Waals surface area contributed by atoms with Crippen LogP contribution in [0.5, 0.6) is 0 Å². The lowest BCUT2D eigenvalue weighted by Gasteiger charge is -2.19. The highest BCUT2D eigenvalue weighted by Crippen LogP contribution is 2.09. The summed E-state index contributed by atoms with van der Waals surface area (Å²) >= 11 is 0. The Morgan fingerprint density at radius 1 is 0.900 bits per heavy atom. The summed E-state index contributed by atoms with van der Waals surface area (Å²) in [6, 6.07) is 0. The molecule has 0 aromatic carbocycles. The molecular formula is C16H31N3O. The number of hydrogen-bond acceptors (Lipinski definition) is 4. The van der Waals surface area contributed by atoms with Crippen molar-refractivity contribution >= 4 is 0 Å². The van der Waals surface area contributed by atoms with E-state index in [-0.39, 0.29) is 5.54 Å². The molecule has 0 fully saturated rings. The highest BCUT2D eigenvalue weighted by atomic mass is 16.4. The van der Waals surface area contributed by atoms with Crippen LogP contribution in [0, 0.1) is 0 Å². The minimum atomic E-state index is 0.140. The van der Waals surface area contributed by atoms with Crippen molar-refractivity contribution in [1.82, 2.24) is 15.5 Å². The van der Waals surface area contributed by atoms with Crippen LogP contribution in [-0.4, -0.2) is 22.3 Å². The molecule has 1 N–H and O–H groups in total. The number of unbranched alkanes of at least 4 members (excludes halogenated alkanes) is 5. The first kappa shape index (κ1) is 17.2. The van der Waals surface area contributed by atoms with Gasteiger partial charge in [0.15, 0.2) is 0 Å². The van der Waals surface area contributed by atoms with Gasteiger partial charge in [0.1, 0.15) is 0 Å². The first-order valence-corrected chi connectivity index (χ1v) is 8.07. The molecule has 20 heavy (non-hydrogen) atoms. The molecule has 0 spiro atoms. The Morgan fingerprint density at radius 3 is 2.15 bits per heavy atom. The first-order valence-electron chi connectivity index (χ1n) is 8.07. The van der Waals surface area contributed by atoms with Crippen LogP contribution in [0.2, 0.25) is 0 Å². The minimum Gasteiger partial charge on any atom is -0.425 e. The van der Waals surface area contributed by atoms with E-state index in [2.05, 4.69) is 43.2 Å². The fraction of sp³-hybridized carbons (Fsp3) is 0.875. The highest BCUT2D eigenvalue weighted by Gasteiger charge is 2.10. The maximum absolute atomic E-state index is 5.66. The largest absolute Gasteiger partial charge is 0.425 e. The summed E-state index contributed by atoms with van der Waals surface area (Å²) in [4.78, 5) is 0. The van der Waals surface area contributed by atoms with E-state index in [1.807, 2.05) is 0 Å². The van der Waals surface area contributed by atoms with E-state index in [9.17, 15) is 0 Å². The number of hydrogen-bond donors (Lipinski definition) is 1. The lowest BCUT2D eigenvalue weighted by atomic mass is 10.1. The van der Waals surface area contributed by atoms with Crippen molar-refractivity contribution in [3.63, 3.8) is 0 Å². The molecule has 4 heteroatoms. The standard InChI is InChI=1S/C16H31N3O/c1-5-6-7-8-9-10-11-14-18-19-15(20-14)12-13-17-16(2,3)4/h17H,5-13H2,1-4H3. The average Bonchev–Trinajstić information content (AvgIpc) is 2.80. The summed E-state index contributed by atoms with van der Waals surface area (Å²) in [6.45, 7) is 9.59. The normalized spacial score (nSPS) is 12.0. The second-order valence-corrected chi connectivity index (χ2v) is 6.53. The maximum Gasteiger partial charge on any atom is 0.217 e. The second-order valence-electron chi connectivity index (χ2n) is 6.53. The smallest absolute Gasteiger partial charge is 0.217 e. The maximum atomic E-state index is 5.66. The highest BCUT2D eigenvalue weighted by molar-refractivity contribution is 4.84. The van der Waals surface area contributed by atoms with Crippen molar-refractivity contribution in [1.29, 1.82) is 0 Å². The predicted octanol–water partition coefficient (Wildman–Crippen LogP) is 3.90. The minimum absolute atomic E-state index is 0.140. The predicted molar refractivity (Wildman–Crippen MR) is 82.8 cm³/mol. The zero-order chi connectivity index (χ0) is 14.8. The van der Waals surface area contributed by atoms with Gasteiger partial charge in [-0.1, -0.05) is 39.0 Å². The van der Waals surface area contributed by atoms with Gasteiger partial charge in [0.05, 0.1) is 0 Å².